The van der Waals surface area contributed by atoms with Gasteiger partial charge in [0.25, 0.3) is 5.91 Å². The number of anilines is 1. The number of aromatic nitrogens is 1. The third kappa shape index (κ3) is 5.53. The number of thiophene rings is 1. The molecule has 0 aliphatic carbocycles. The first-order valence-corrected chi connectivity index (χ1v) is 13.3. The largest absolute Gasteiger partial charge is 0.369 e. The lowest BCUT2D eigenvalue weighted by Crippen LogP contribution is -2.44. The van der Waals surface area contributed by atoms with Crippen molar-refractivity contribution in [3.8, 4) is 0 Å². The minimum Gasteiger partial charge on any atom is -0.369 e. The van der Waals surface area contributed by atoms with Gasteiger partial charge in [-0.25, -0.2) is 0 Å². The third-order valence-electron chi connectivity index (χ3n) is 7.00. The summed E-state index contributed by atoms with van der Waals surface area (Å²) < 4.78 is 1.17. The smallest absolute Gasteiger partial charge is 0.261 e. The molecule has 0 bridgehead atoms. The molecule has 5 rings (SSSR count). The second kappa shape index (κ2) is 10.4. The van der Waals surface area contributed by atoms with Crippen molar-refractivity contribution in [2.24, 2.45) is 0 Å². The molecule has 0 spiro atoms. The summed E-state index contributed by atoms with van der Waals surface area (Å²) >= 11 is 1.60. The molecule has 0 saturated carbocycles. The molecule has 1 atom stereocenters. The first-order chi connectivity index (χ1) is 17.0. The fraction of sp³-hybridized carbons (Fsp3) is 0.393. The number of piperazine rings is 1. The molecule has 0 radical (unpaired) electrons. The maximum atomic E-state index is 13.3. The van der Waals surface area contributed by atoms with Crippen LogP contribution in [0.25, 0.3) is 21.0 Å². The standard InChI is InChI=1S/C28H35N5OS/c1-31(2)11-10-22(16-21-19-29-25-7-5-4-6-24(21)25)30-28(34)27-17-20-8-9-23(18-26(20)35-27)33-14-12-32(3)13-15-33/h4-9,17-19,22,29H,10-16H2,1-3H3,(H,30,34). The SMILES string of the molecule is CN(C)CCC(Cc1c[nH]c2ccccc12)NC(=O)c1cc2ccc(N3CCN(C)CC3)cc2s1. The highest BCUT2D eigenvalue weighted by Gasteiger charge is 2.19. The second-order valence-electron chi connectivity index (χ2n) is 9.95. The Kier molecular flexibility index (Phi) is 7.09. The molecule has 1 fully saturated rings. The number of H-pyrrole nitrogens is 1. The zero-order chi connectivity index (χ0) is 24.4. The minimum atomic E-state index is 0.0240. The summed E-state index contributed by atoms with van der Waals surface area (Å²) in [5.41, 5.74) is 3.64. The lowest BCUT2D eigenvalue weighted by molar-refractivity contribution is 0.0937. The summed E-state index contributed by atoms with van der Waals surface area (Å²) in [5, 5.41) is 5.72. The van der Waals surface area contributed by atoms with Crippen LogP contribution >= 0.6 is 11.3 Å². The highest BCUT2D eigenvalue weighted by Crippen LogP contribution is 2.30. The summed E-state index contributed by atoms with van der Waals surface area (Å²) in [6.45, 7) is 5.18. The van der Waals surface area contributed by atoms with E-state index in [9.17, 15) is 4.79 Å². The van der Waals surface area contributed by atoms with Crippen molar-refractivity contribution in [3.63, 3.8) is 0 Å². The van der Waals surface area contributed by atoms with E-state index in [0.29, 0.717) is 0 Å². The van der Waals surface area contributed by atoms with Crippen LogP contribution in [0.4, 0.5) is 5.69 Å². The van der Waals surface area contributed by atoms with Crippen LogP contribution in [0.3, 0.4) is 0 Å². The van der Waals surface area contributed by atoms with Crippen molar-refractivity contribution in [2.45, 2.75) is 18.9 Å². The summed E-state index contributed by atoms with van der Waals surface area (Å²) in [4.78, 5) is 24.5. The van der Waals surface area contributed by atoms with Crippen LogP contribution in [0.5, 0.6) is 0 Å². The van der Waals surface area contributed by atoms with Gasteiger partial charge in [0, 0.05) is 59.7 Å². The molecule has 1 unspecified atom stereocenters. The average Bonchev–Trinajstić information content (AvgIpc) is 3.47. The molecule has 6 nitrogen and oxygen atoms in total. The van der Waals surface area contributed by atoms with Gasteiger partial charge < -0.3 is 25.0 Å². The van der Waals surface area contributed by atoms with E-state index in [4.69, 9.17) is 0 Å². The number of hydrogen-bond acceptors (Lipinski definition) is 5. The summed E-state index contributed by atoms with van der Waals surface area (Å²) in [5.74, 6) is 0.0240. The van der Waals surface area contributed by atoms with Crippen molar-refractivity contribution >= 4 is 43.9 Å². The molecule has 35 heavy (non-hydrogen) atoms. The van der Waals surface area contributed by atoms with Crippen LogP contribution in [0.15, 0.2) is 54.7 Å². The number of aromatic amines is 1. The number of para-hydroxylation sites is 1. The number of hydrogen-bond donors (Lipinski definition) is 2. The lowest BCUT2D eigenvalue weighted by Gasteiger charge is -2.34. The number of fused-ring (bicyclic) bond motifs is 2. The van der Waals surface area contributed by atoms with Crippen LogP contribution in [-0.2, 0) is 6.42 Å². The Balaban J connectivity index is 1.32. The number of benzene rings is 2. The van der Waals surface area contributed by atoms with Gasteiger partial charge in [0.15, 0.2) is 0 Å². The van der Waals surface area contributed by atoms with Crippen LogP contribution in [0, 0.1) is 0 Å². The topological polar surface area (TPSA) is 54.6 Å². The van der Waals surface area contributed by atoms with Crippen molar-refractivity contribution in [1.29, 1.82) is 0 Å². The van der Waals surface area contributed by atoms with Gasteiger partial charge in [-0.3, -0.25) is 4.79 Å². The normalized spacial score (nSPS) is 15.8. The molecule has 2 N–H and O–H groups in total. The Bertz CT molecular complexity index is 1300. The van der Waals surface area contributed by atoms with Gasteiger partial charge in [-0.1, -0.05) is 24.3 Å². The predicted molar refractivity (Wildman–Crippen MR) is 148 cm³/mol. The van der Waals surface area contributed by atoms with Gasteiger partial charge in [-0.05, 0) is 75.7 Å². The molecule has 184 valence electrons. The van der Waals surface area contributed by atoms with Crippen LogP contribution in [0.1, 0.15) is 21.7 Å². The highest BCUT2D eigenvalue weighted by atomic mass is 32.1. The molecule has 1 aliphatic rings. The number of rotatable bonds is 8. The predicted octanol–water partition coefficient (Wildman–Crippen LogP) is 4.43. The first-order valence-electron chi connectivity index (χ1n) is 12.4. The molecule has 2 aromatic heterocycles. The molecule has 1 amide bonds. The van der Waals surface area contributed by atoms with Gasteiger partial charge in [-0.15, -0.1) is 11.3 Å². The fourth-order valence-electron chi connectivity index (χ4n) is 4.85. The number of carbonyl (C=O) groups is 1. The summed E-state index contributed by atoms with van der Waals surface area (Å²) in [7, 11) is 6.33. The first kappa shape index (κ1) is 23.9. The van der Waals surface area contributed by atoms with E-state index in [1.165, 1.54) is 21.3 Å². The number of likely N-dealkylation sites (N-methyl/N-ethyl adjacent to an activating group) is 1. The second-order valence-corrected chi connectivity index (χ2v) is 11.0. The Morgan fingerprint density at radius 1 is 1.11 bits per heavy atom. The number of amides is 1. The molecular formula is C28H35N5OS. The van der Waals surface area contributed by atoms with Crippen molar-refractivity contribution < 1.29 is 4.79 Å². The maximum Gasteiger partial charge on any atom is 0.261 e. The lowest BCUT2D eigenvalue weighted by atomic mass is 10.0. The van der Waals surface area contributed by atoms with Gasteiger partial charge in [0.1, 0.15) is 0 Å². The minimum absolute atomic E-state index is 0.0240. The molecule has 3 heterocycles. The van der Waals surface area contributed by atoms with Crippen molar-refractivity contribution in [1.82, 2.24) is 20.1 Å². The van der Waals surface area contributed by atoms with Crippen LogP contribution in [-0.4, -0.2) is 80.6 Å². The van der Waals surface area contributed by atoms with Crippen LogP contribution in [0.2, 0.25) is 0 Å². The number of nitrogens with zero attached hydrogens (tertiary/aromatic N) is 3. The van der Waals surface area contributed by atoms with Crippen molar-refractivity contribution in [2.75, 3.05) is 58.8 Å². The molecule has 2 aromatic carbocycles. The Hall–Kier alpha value is -2.87. The molecule has 7 heteroatoms. The molecule has 1 aliphatic heterocycles. The van der Waals surface area contributed by atoms with Crippen molar-refractivity contribution in [3.05, 3.63) is 65.2 Å². The van der Waals surface area contributed by atoms with E-state index in [0.717, 1.165) is 61.3 Å². The zero-order valence-corrected chi connectivity index (χ0v) is 21.7. The third-order valence-corrected chi connectivity index (χ3v) is 8.09. The zero-order valence-electron chi connectivity index (χ0n) is 20.9. The summed E-state index contributed by atoms with van der Waals surface area (Å²) in [6.07, 6.45) is 3.79. The van der Waals surface area contributed by atoms with Gasteiger partial charge in [-0.2, -0.15) is 0 Å². The Morgan fingerprint density at radius 3 is 2.71 bits per heavy atom. The van der Waals surface area contributed by atoms with Gasteiger partial charge in [0.2, 0.25) is 0 Å². The van der Waals surface area contributed by atoms with E-state index >= 15 is 0 Å². The van der Waals surface area contributed by atoms with Gasteiger partial charge in [0.05, 0.1) is 4.88 Å². The highest BCUT2D eigenvalue weighted by molar-refractivity contribution is 7.20. The maximum absolute atomic E-state index is 13.3. The summed E-state index contributed by atoms with van der Waals surface area (Å²) in [6, 6.07) is 17.1. The van der Waals surface area contributed by atoms with Gasteiger partial charge >= 0.3 is 0 Å². The Morgan fingerprint density at radius 2 is 1.91 bits per heavy atom. The molecule has 1 saturated heterocycles. The van der Waals surface area contributed by atoms with E-state index in [1.54, 1.807) is 11.3 Å². The molecule has 4 aromatic rings. The van der Waals surface area contributed by atoms with E-state index in [-0.39, 0.29) is 11.9 Å². The number of nitrogens with one attached hydrogen (secondary N) is 2. The Labute approximate surface area is 211 Å². The monoisotopic (exact) mass is 489 g/mol. The van der Waals surface area contributed by atoms with E-state index in [1.807, 2.05) is 12.1 Å². The van der Waals surface area contributed by atoms with E-state index < -0.39 is 0 Å². The molecular weight excluding hydrogens is 454 g/mol. The average molecular weight is 490 g/mol. The van der Waals surface area contributed by atoms with Crippen LogP contribution < -0.4 is 10.2 Å². The van der Waals surface area contributed by atoms with E-state index in [2.05, 4.69) is 88.7 Å². The number of carbonyl (C=O) groups excluding carboxylic acids is 1. The quantitative estimate of drug-likeness (QED) is 0.385. The fourth-order valence-corrected chi connectivity index (χ4v) is 5.85.